The van der Waals surface area contributed by atoms with Gasteiger partial charge in [0.15, 0.2) is 5.65 Å². The molecular formula is C21H13ClF3N7O3. The summed E-state index contributed by atoms with van der Waals surface area (Å²) in [6, 6.07) is 4.93. The number of carbonyl (C=O) groups excluding carboxylic acids is 1. The summed E-state index contributed by atoms with van der Waals surface area (Å²) in [4.78, 5) is 43.0. The van der Waals surface area contributed by atoms with E-state index in [-0.39, 0.29) is 40.0 Å². The summed E-state index contributed by atoms with van der Waals surface area (Å²) in [5.41, 5.74) is 0.736. The number of nitrogens with zero attached hydrogens (tertiary/aromatic N) is 6. The van der Waals surface area contributed by atoms with Gasteiger partial charge in [-0.2, -0.15) is 13.2 Å². The molecular weight excluding hydrogens is 491 g/mol. The van der Waals surface area contributed by atoms with E-state index in [9.17, 15) is 22.9 Å². The predicted octanol–water partition coefficient (Wildman–Crippen LogP) is 4.95. The van der Waals surface area contributed by atoms with Crippen molar-refractivity contribution in [2.75, 3.05) is 12.4 Å². The van der Waals surface area contributed by atoms with E-state index in [0.717, 1.165) is 12.3 Å². The van der Waals surface area contributed by atoms with Gasteiger partial charge in [0.25, 0.3) is 0 Å². The van der Waals surface area contributed by atoms with Crippen molar-refractivity contribution in [3.63, 3.8) is 0 Å². The van der Waals surface area contributed by atoms with Crippen molar-refractivity contribution >= 4 is 40.2 Å². The number of hydrogen-bond acceptors (Lipinski definition) is 9. The van der Waals surface area contributed by atoms with Crippen LogP contribution >= 0.6 is 11.6 Å². The molecule has 0 aromatic carbocycles. The number of alkyl halides is 3. The number of halogens is 4. The Morgan fingerprint density at radius 2 is 1.91 bits per heavy atom. The van der Waals surface area contributed by atoms with Gasteiger partial charge >= 0.3 is 12.1 Å². The largest absolute Gasteiger partial charge is 0.417 e. The Balaban J connectivity index is 1.74. The molecule has 4 heterocycles. The van der Waals surface area contributed by atoms with Gasteiger partial charge in [0.1, 0.15) is 22.7 Å². The fraction of sp³-hybridized carbons (Fsp3) is 0.143. The summed E-state index contributed by atoms with van der Waals surface area (Å²) in [5.74, 6) is -0.873. The average molecular weight is 504 g/mol. The second kappa shape index (κ2) is 9.64. The van der Waals surface area contributed by atoms with Crippen LogP contribution in [0.4, 0.5) is 24.7 Å². The van der Waals surface area contributed by atoms with E-state index in [1.807, 2.05) is 0 Å². The molecule has 0 aliphatic carbocycles. The number of nitroso groups, excluding NO2 is 1. The lowest BCUT2D eigenvalue weighted by atomic mass is 10.2. The molecule has 0 bridgehead atoms. The molecule has 0 atom stereocenters. The lowest BCUT2D eigenvalue weighted by molar-refractivity contribution is -0.137. The standard InChI is InChI=1S/C21H13ClF3N7O3/c1-35-9-12-5-14(30-16-3-2-11(7-26-16)21(23,24)25)18-19(29-12)31-15(8-28-18)17-13(22)4-10(6-27-17)20(33)32-34/h2-8H,9H2,1H3,(H,26,29,30,31). The molecule has 4 aromatic heterocycles. The Morgan fingerprint density at radius 1 is 1.11 bits per heavy atom. The number of rotatable bonds is 6. The van der Waals surface area contributed by atoms with E-state index in [1.165, 1.54) is 25.4 Å². The van der Waals surface area contributed by atoms with Gasteiger partial charge in [0.05, 0.1) is 40.3 Å². The van der Waals surface area contributed by atoms with Crippen molar-refractivity contribution in [3.05, 3.63) is 69.6 Å². The first kappa shape index (κ1) is 24.0. The molecule has 0 fully saturated rings. The number of fused-ring (bicyclic) bond motifs is 1. The molecule has 0 aliphatic heterocycles. The van der Waals surface area contributed by atoms with E-state index in [2.05, 4.69) is 35.4 Å². The van der Waals surface area contributed by atoms with Crippen molar-refractivity contribution < 1.29 is 22.7 Å². The van der Waals surface area contributed by atoms with Crippen LogP contribution in [0, 0.1) is 4.91 Å². The number of aromatic nitrogens is 5. The molecule has 0 spiro atoms. The van der Waals surface area contributed by atoms with Crippen LogP contribution in [-0.4, -0.2) is 37.9 Å². The molecule has 1 N–H and O–H groups in total. The van der Waals surface area contributed by atoms with Crippen LogP contribution in [0.3, 0.4) is 0 Å². The van der Waals surface area contributed by atoms with Gasteiger partial charge in [-0.3, -0.25) is 9.78 Å². The summed E-state index contributed by atoms with van der Waals surface area (Å²) in [6.45, 7) is 0.117. The fourth-order valence-corrected chi connectivity index (χ4v) is 3.31. The van der Waals surface area contributed by atoms with Crippen molar-refractivity contribution in [2.45, 2.75) is 12.8 Å². The number of carbonyl (C=O) groups is 1. The first-order chi connectivity index (χ1) is 16.7. The van der Waals surface area contributed by atoms with Gasteiger partial charge in [0, 0.05) is 24.7 Å². The number of amides is 1. The summed E-state index contributed by atoms with van der Waals surface area (Å²) >= 11 is 6.21. The van der Waals surface area contributed by atoms with Crippen molar-refractivity contribution in [1.29, 1.82) is 0 Å². The van der Waals surface area contributed by atoms with E-state index in [0.29, 0.717) is 23.1 Å². The quantitative estimate of drug-likeness (QED) is 0.363. The van der Waals surface area contributed by atoms with Crippen LogP contribution < -0.4 is 5.32 Å². The van der Waals surface area contributed by atoms with Gasteiger partial charge < -0.3 is 10.1 Å². The predicted molar refractivity (Wildman–Crippen MR) is 119 cm³/mol. The van der Waals surface area contributed by atoms with Gasteiger partial charge in [0.2, 0.25) is 0 Å². The molecule has 0 unspecified atom stereocenters. The van der Waals surface area contributed by atoms with E-state index in [4.69, 9.17) is 16.3 Å². The maximum absolute atomic E-state index is 12.8. The number of pyridine rings is 3. The number of anilines is 2. The average Bonchev–Trinajstić information content (AvgIpc) is 2.83. The molecule has 14 heteroatoms. The van der Waals surface area contributed by atoms with E-state index in [1.54, 1.807) is 6.07 Å². The summed E-state index contributed by atoms with van der Waals surface area (Å²) in [6.07, 6.45) is -1.30. The molecule has 178 valence electrons. The van der Waals surface area contributed by atoms with Crippen molar-refractivity contribution in [1.82, 2.24) is 24.9 Å². The Morgan fingerprint density at radius 3 is 2.54 bits per heavy atom. The highest BCUT2D eigenvalue weighted by molar-refractivity contribution is 6.33. The Kier molecular flexibility index (Phi) is 6.62. The highest BCUT2D eigenvalue weighted by Gasteiger charge is 2.30. The third-order valence-corrected chi connectivity index (χ3v) is 4.92. The zero-order valence-corrected chi connectivity index (χ0v) is 18.4. The highest BCUT2D eigenvalue weighted by Crippen LogP contribution is 2.31. The van der Waals surface area contributed by atoms with Crippen LogP contribution in [0.2, 0.25) is 5.02 Å². The fourth-order valence-electron chi connectivity index (χ4n) is 3.05. The summed E-state index contributed by atoms with van der Waals surface area (Å²) < 4.78 is 43.6. The number of ether oxygens (including phenoxy) is 1. The minimum atomic E-state index is -4.51. The zero-order chi connectivity index (χ0) is 25.2. The molecule has 0 saturated heterocycles. The molecule has 10 nitrogen and oxygen atoms in total. The first-order valence-corrected chi connectivity index (χ1v) is 10.1. The topological polar surface area (TPSA) is 132 Å². The minimum Gasteiger partial charge on any atom is -0.378 e. The molecule has 35 heavy (non-hydrogen) atoms. The monoisotopic (exact) mass is 503 g/mol. The SMILES string of the molecule is COCc1cc(Nc2ccc(C(F)(F)F)cn2)c2ncc(-c3ncc(C(=O)N=O)cc3Cl)nc2n1. The first-order valence-electron chi connectivity index (χ1n) is 9.69. The molecule has 0 saturated carbocycles. The third-order valence-electron chi connectivity index (χ3n) is 4.63. The second-order valence-corrected chi connectivity index (χ2v) is 7.43. The number of methoxy groups -OCH3 is 1. The zero-order valence-electron chi connectivity index (χ0n) is 17.7. The maximum Gasteiger partial charge on any atom is 0.417 e. The lowest BCUT2D eigenvalue weighted by Gasteiger charge is -2.12. The van der Waals surface area contributed by atoms with Crippen molar-refractivity contribution in [2.24, 2.45) is 5.18 Å². The van der Waals surface area contributed by atoms with Crippen LogP contribution in [0.15, 0.2) is 48.0 Å². The van der Waals surface area contributed by atoms with Gasteiger partial charge in [-0.05, 0) is 24.3 Å². The normalized spacial score (nSPS) is 11.5. The van der Waals surface area contributed by atoms with Gasteiger partial charge in [-0.1, -0.05) is 11.6 Å². The third kappa shape index (κ3) is 5.20. The summed E-state index contributed by atoms with van der Waals surface area (Å²) in [7, 11) is 1.47. The smallest absolute Gasteiger partial charge is 0.378 e. The molecule has 0 aliphatic rings. The maximum atomic E-state index is 12.8. The minimum absolute atomic E-state index is 0.0356. The number of nitrogens with one attached hydrogen (secondary N) is 1. The highest BCUT2D eigenvalue weighted by atomic mass is 35.5. The molecule has 0 radical (unpaired) electrons. The molecule has 4 aromatic rings. The number of hydrogen-bond donors (Lipinski definition) is 1. The molecule has 4 rings (SSSR count). The van der Waals surface area contributed by atoms with Crippen molar-refractivity contribution in [3.8, 4) is 11.4 Å². The van der Waals surface area contributed by atoms with E-state index < -0.39 is 17.6 Å². The Bertz CT molecular complexity index is 1430. The second-order valence-electron chi connectivity index (χ2n) is 7.03. The van der Waals surface area contributed by atoms with E-state index >= 15 is 0 Å². The lowest BCUT2D eigenvalue weighted by Crippen LogP contribution is -2.06. The van der Waals surface area contributed by atoms with Crippen LogP contribution in [0.1, 0.15) is 21.6 Å². The van der Waals surface area contributed by atoms with Gasteiger partial charge in [-0.25, -0.2) is 19.9 Å². The van der Waals surface area contributed by atoms with Gasteiger partial charge in [-0.15, -0.1) is 4.91 Å². The van der Waals surface area contributed by atoms with Crippen LogP contribution in [0.5, 0.6) is 0 Å². The Hall–Kier alpha value is -4.10. The molecule has 1 amide bonds. The Labute approximate surface area is 199 Å². The van der Waals surface area contributed by atoms with Crippen LogP contribution in [-0.2, 0) is 17.5 Å². The van der Waals surface area contributed by atoms with Crippen LogP contribution in [0.25, 0.3) is 22.6 Å². The summed E-state index contributed by atoms with van der Waals surface area (Å²) in [5, 5.41) is 5.29.